The van der Waals surface area contributed by atoms with Crippen LogP contribution in [0.3, 0.4) is 0 Å². The van der Waals surface area contributed by atoms with Crippen molar-refractivity contribution >= 4 is 17.8 Å². The van der Waals surface area contributed by atoms with Crippen molar-refractivity contribution in [1.29, 1.82) is 0 Å². The lowest BCUT2D eigenvalue weighted by molar-refractivity contribution is -0.140. The monoisotopic (exact) mass is 279 g/mol. The Labute approximate surface area is 117 Å². The average molecular weight is 279 g/mol. The highest BCUT2D eigenvalue weighted by atomic mass is 16.5. The summed E-state index contributed by atoms with van der Waals surface area (Å²) in [4.78, 5) is 33.7. The standard InChI is InChI=1S/C14H17NO5/c1-3-19-12(16)6-7-13(17)20-9-8-11-5-4-10(2)15-14(11)18/h5-7H,2-4,8-9H2,1H3,(H,15,18)/b7-6+. The van der Waals surface area contributed by atoms with Gasteiger partial charge in [-0.05, 0) is 6.92 Å². The summed E-state index contributed by atoms with van der Waals surface area (Å²) >= 11 is 0. The third-order valence-corrected chi connectivity index (χ3v) is 2.43. The Hall–Kier alpha value is -2.37. The second kappa shape index (κ2) is 7.93. The van der Waals surface area contributed by atoms with E-state index in [0.717, 1.165) is 12.2 Å². The molecule has 0 saturated heterocycles. The Morgan fingerprint density at radius 3 is 2.60 bits per heavy atom. The topological polar surface area (TPSA) is 81.7 Å². The molecule has 0 aromatic heterocycles. The zero-order valence-corrected chi connectivity index (χ0v) is 11.3. The zero-order chi connectivity index (χ0) is 15.0. The summed E-state index contributed by atoms with van der Waals surface area (Å²) in [5.41, 5.74) is 1.20. The minimum Gasteiger partial charge on any atom is -0.463 e. The van der Waals surface area contributed by atoms with Gasteiger partial charge in [-0.2, -0.15) is 0 Å². The summed E-state index contributed by atoms with van der Waals surface area (Å²) in [5.74, 6) is -1.48. The van der Waals surface area contributed by atoms with Gasteiger partial charge in [-0.1, -0.05) is 12.7 Å². The van der Waals surface area contributed by atoms with E-state index in [1.807, 2.05) is 0 Å². The minimum absolute atomic E-state index is 0.0672. The predicted molar refractivity (Wildman–Crippen MR) is 71.3 cm³/mol. The van der Waals surface area contributed by atoms with E-state index in [0.29, 0.717) is 24.1 Å². The highest BCUT2D eigenvalue weighted by Crippen LogP contribution is 2.12. The van der Waals surface area contributed by atoms with Crippen LogP contribution in [0.5, 0.6) is 0 Å². The van der Waals surface area contributed by atoms with Crippen LogP contribution in [-0.4, -0.2) is 31.1 Å². The van der Waals surface area contributed by atoms with Gasteiger partial charge in [-0.15, -0.1) is 0 Å². The van der Waals surface area contributed by atoms with Crippen molar-refractivity contribution in [3.63, 3.8) is 0 Å². The zero-order valence-electron chi connectivity index (χ0n) is 11.3. The van der Waals surface area contributed by atoms with E-state index in [2.05, 4.69) is 16.6 Å². The molecule has 6 nitrogen and oxygen atoms in total. The van der Waals surface area contributed by atoms with E-state index < -0.39 is 11.9 Å². The highest BCUT2D eigenvalue weighted by Gasteiger charge is 2.15. The fraction of sp³-hybridized carbons (Fsp3) is 0.357. The Morgan fingerprint density at radius 2 is 2.00 bits per heavy atom. The number of rotatable bonds is 6. The van der Waals surface area contributed by atoms with Gasteiger partial charge < -0.3 is 14.8 Å². The maximum absolute atomic E-state index is 11.5. The van der Waals surface area contributed by atoms with Crippen LogP contribution in [0.25, 0.3) is 0 Å². The van der Waals surface area contributed by atoms with E-state index in [1.54, 1.807) is 13.0 Å². The van der Waals surface area contributed by atoms with Gasteiger partial charge >= 0.3 is 11.9 Å². The second-order valence-corrected chi connectivity index (χ2v) is 3.99. The van der Waals surface area contributed by atoms with Gasteiger partial charge in [0, 0.05) is 36.3 Å². The number of nitrogens with one attached hydrogen (secondary N) is 1. The molecule has 0 radical (unpaired) electrons. The molecular formula is C14H17NO5. The average Bonchev–Trinajstić information content (AvgIpc) is 2.39. The Bertz CT molecular complexity index is 476. The molecule has 1 aliphatic rings. The fourth-order valence-electron chi connectivity index (χ4n) is 1.48. The van der Waals surface area contributed by atoms with E-state index in [9.17, 15) is 14.4 Å². The molecule has 6 heteroatoms. The van der Waals surface area contributed by atoms with Crippen molar-refractivity contribution in [2.75, 3.05) is 13.2 Å². The quantitative estimate of drug-likeness (QED) is 0.579. The van der Waals surface area contributed by atoms with E-state index >= 15 is 0 Å². The molecule has 20 heavy (non-hydrogen) atoms. The smallest absolute Gasteiger partial charge is 0.331 e. The van der Waals surface area contributed by atoms with Gasteiger partial charge in [0.05, 0.1) is 13.2 Å². The molecule has 1 N–H and O–H groups in total. The molecule has 0 fully saturated rings. The molecule has 0 aromatic rings. The first-order valence-corrected chi connectivity index (χ1v) is 6.22. The maximum atomic E-state index is 11.5. The largest absolute Gasteiger partial charge is 0.463 e. The van der Waals surface area contributed by atoms with Crippen LogP contribution < -0.4 is 5.32 Å². The van der Waals surface area contributed by atoms with Gasteiger partial charge in [0.1, 0.15) is 0 Å². The first kappa shape index (κ1) is 15.7. The summed E-state index contributed by atoms with van der Waals surface area (Å²) in [6, 6.07) is 0. The molecule has 1 amide bonds. The van der Waals surface area contributed by atoms with Crippen molar-refractivity contribution < 1.29 is 23.9 Å². The molecule has 0 unspecified atom stereocenters. The third-order valence-electron chi connectivity index (χ3n) is 2.43. The molecule has 108 valence electrons. The number of hydrogen-bond acceptors (Lipinski definition) is 5. The summed E-state index contributed by atoms with van der Waals surface area (Å²) < 4.78 is 9.48. The number of amides is 1. The molecule has 0 spiro atoms. The van der Waals surface area contributed by atoms with Crippen LogP contribution in [0.15, 0.2) is 36.1 Å². The molecular weight excluding hydrogens is 262 g/mol. The lowest BCUT2D eigenvalue weighted by Crippen LogP contribution is -2.27. The lowest BCUT2D eigenvalue weighted by atomic mass is 10.1. The van der Waals surface area contributed by atoms with Crippen molar-refractivity contribution in [2.24, 2.45) is 0 Å². The van der Waals surface area contributed by atoms with Crippen molar-refractivity contribution in [3.8, 4) is 0 Å². The maximum Gasteiger partial charge on any atom is 0.331 e. The first-order chi connectivity index (χ1) is 9.52. The van der Waals surface area contributed by atoms with Crippen molar-refractivity contribution in [1.82, 2.24) is 5.32 Å². The summed E-state index contributed by atoms with van der Waals surface area (Å²) in [5, 5.41) is 2.60. The fourth-order valence-corrected chi connectivity index (χ4v) is 1.48. The number of allylic oxidation sites excluding steroid dienone is 1. The lowest BCUT2D eigenvalue weighted by Gasteiger charge is -2.15. The number of carbonyl (C=O) groups is 3. The van der Waals surface area contributed by atoms with E-state index in [4.69, 9.17) is 4.74 Å². The number of ether oxygens (including phenoxy) is 2. The first-order valence-electron chi connectivity index (χ1n) is 6.22. The summed E-state index contributed by atoms with van der Waals surface area (Å²) in [7, 11) is 0. The molecule has 1 heterocycles. The minimum atomic E-state index is -0.653. The molecule has 0 aliphatic carbocycles. The summed E-state index contributed by atoms with van der Waals surface area (Å²) in [6.45, 7) is 5.63. The number of esters is 2. The Kier molecular flexibility index (Phi) is 6.22. The number of hydrogen-bond donors (Lipinski definition) is 1. The van der Waals surface area contributed by atoms with E-state index in [1.165, 1.54) is 0 Å². The van der Waals surface area contributed by atoms with E-state index in [-0.39, 0.29) is 19.1 Å². The normalized spacial score (nSPS) is 14.8. The van der Waals surface area contributed by atoms with Gasteiger partial charge in [0.25, 0.3) is 5.91 Å². The SMILES string of the molecule is C=C1CC=C(CCOC(=O)/C=C/C(=O)OCC)C(=O)N1. The van der Waals surface area contributed by atoms with Crippen molar-refractivity contribution in [2.45, 2.75) is 19.8 Å². The third kappa shape index (κ3) is 5.51. The van der Waals surface area contributed by atoms with Gasteiger partial charge in [0.2, 0.25) is 0 Å². The number of carbonyl (C=O) groups excluding carboxylic acids is 3. The van der Waals surface area contributed by atoms with Gasteiger partial charge in [0.15, 0.2) is 0 Å². The Morgan fingerprint density at radius 1 is 1.35 bits per heavy atom. The van der Waals surface area contributed by atoms with Gasteiger partial charge in [-0.25, -0.2) is 9.59 Å². The van der Waals surface area contributed by atoms with Crippen LogP contribution in [0.2, 0.25) is 0 Å². The molecule has 0 aromatic carbocycles. The van der Waals surface area contributed by atoms with Crippen LogP contribution >= 0.6 is 0 Å². The van der Waals surface area contributed by atoms with Crippen LogP contribution in [-0.2, 0) is 23.9 Å². The second-order valence-electron chi connectivity index (χ2n) is 3.99. The summed E-state index contributed by atoms with van der Waals surface area (Å²) in [6.07, 6.45) is 4.65. The molecule has 0 atom stereocenters. The van der Waals surface area contributed by atoms with Gasteiger partial charge in [-0.3, -0.25) is 4.79 Å². The highest BCUT2D eigenvalue weighted by molar-refractivity contribution is 5.95. The van der Waals surface area contributed by atoms with Crippen molar-refractivity contribution in [3.05, 3.63) is 36.1 Å². The molecule has 0 saturated carbocycles. The predicted octanol–water partition coefficient (Wildman–Crippen LogP) is 0.999. The molecule has 1 aliphatic heterocycles. The van der Waals surface area contributed by atoms with Crippen LogP contribution in [0.1, 0.15) is 19.8 Å². The Balaban J connectivity index is 2.30. The van der Waals surface area contributed by atoms with Crippen LogP contribution in [0, 0.1) is 0 Å². The molecule has 1 rings (SSSR count). The molecule has 0 bridgehead atoms. The van der Waals surface area contributed by atoms with Crippen LogP contribution in [0.4, 0.5) is 0 Å².